The molecule has 0 aliphatic heterocycles. The zero-order chi connectivity index (χ0) is 18.4. The van der Waals surface area contributed by atoms with Crippen LogP contribution < -0.4 is 10.2 Å². The molecule has 0 bridgehead atoms. The van der Waals surface area contributed by atoms with Gasteiger partial charge < -0.3 is 4.74 Å². The molecule has 0 spiro atoms. The third kappa shape index (κ3) is 4.97. The molecule has 7 heteroatoms. The van der Waals surface area contributed by atoms with Crippen molar-refractivity contribution in [1.82, 2.24) is 5.43 Å². The van der Waals surface area contributed by atoms with E-state index in [1.807, 2.05) is 0 Å². The number of nitrogens with one attached hydrogen (secondary N) is 1. The van der Waals surface area contributed by atoms with Gasteiger partial charge in [-0.1, -0.05) is 12.1 Å². The number of hydrogen-bond acceptors (Lipinski definition) is 4. The average molecular weight is 372 g/mol. The van der Waals surface area contributed by atoms with Crippen LogP contribution in [0.2, 0.25) is 0 Å². The van der Waals surface area contributed by atoms with E-state index in [9.17, 15) is 13.6 Å². The van der Waals surface area contributed by atoms with Crippen LogP contribution in [-0.2, 0) is 6.61 Å². The number of rotatable bonds is 6. The highest BCUT2D eigenvalue weighted by Gasteiger charge is 2.05. The molecule has 0 radical (unpaired) electrons. The van der Waals surface area contributed by atoms with Crippen LogP contribution in [0.25, 0.3) is 0 Å². The van der Waals surface area contributed by atoms with Gasteiger partial charge in [-0.3, -0.25) is 4.79 Å². The predicted octanol–water partition coefficient (Wildman–Crippen LogP) is 4.37. The monoisotopic (exact) mass is 372 g/mol. The smallest absolute Gasteiger partial charge is 0.271 e. The van der Waals surface area contributed by atoms with E-state index in [1.54, 1.807) is 42.5 Å². The van der Waals surface area contributed by atoms with Gasteiger partial charge in [0.05, 0.1) is 11.1 Å². The summed E-state index contributed by atoms with van der Waals surface area (Å²) in [6.45, 7) is 0.301. The van der Waals surface area contributed by atoms with E-state index in [2.05, 4.69) is 10.5 Å². The number of benzene rings is 2. The Morgan fingerprint density at radius 2 is 1.77 bits per heavy atom. The minimum absolute atomic E-state index is 0.301. The van der Waals surface area contributed by atoms with Crippen LogP contribution in [0.15, 0.2) is 65.8 Å². The van der Waals surface area contributed by atoms with Crippen molar-refractivity contribution >= 4 is 23.5 Å². The fourth-order valence-electron chi connectivity index (χ4n) is 2.07. The van der Waals surface area contributed by atoms with Crippen molar-refractivity contribution in [3.05, 3.63) is 87.6 Å². The van der Waals surface area contributed by atoms with Gasteiger partial charge in [0.15, 0.2) is 5.13 Å². The van der Waals surface area contributed by atoms with Crippen LogP contribution in [0.3, 0.4) is 0 Å². The maximum Gasteiger partial charge on any atom is 0.271 e. The van der Waals surface area contributed by atoms with E-state index in [-0.39, 0.29) is 16.9 Å². The second-order valence-electron chi connectivity index (χ2n) is 5.28. The standard InChI is InChI=1S/C19H14F2N2O2S/c20-15-5-7-16(8-6-15)25-12-13-1-3-14(4-2-13)19(24)23-22-11-17-9-10-18(21)26-17/h1-11H,12H2,(H,23,24)/b22-11-. The lowest BCUT2D eigenvalue weighted by molar-refractivity contribution is 0.0955. The largest absolute Gasteiger partial charge is 0.489 e. The molecule has 0 fully saturated rings. The zero-order valence-electron chi connectivity index (χ0n) is 13.5. The topological polar surface area (TPSA) is 50.7 Å². The van der Waals surface area contributed by atoms with Crippen molar-refractivity contribution in [2.75, 3.05) is 0 Å². The number of halogens is 2. The van der Waals surface area contributed by atoms with Crippen LogP contribution in [0, 0.1) is 10.9 Å². The number of thiophene rings is 1. The van der Waals surface area contributed by atoms with Gasteiger partial charge in [0.1, 0.15) is 18.2 Å². The molecule has 26 heavy (non-hydrogen) atoms. The Hall–Kier alpha value is -3.06. The lowest BCUT2D eigenvalue weighted by Crippen LogP contribution is -2.17. The van der Waals surface area contributed by atoms with Gasteiger partial charge in [-0.05, 0) is 54.1 Å². The van der Waals surface area contributed by atoms with Crippen LogP contribution in [0.1, 0.15) is 20.8 Å². The summed E-state index contributed by atoms with van der Waals surface area (Å²) in [6, 6.07) is 15.5. The van der Waals surface area contributed by atoms with Gasteiger partial charge in [0.2, 0.25) is 0 Å². The average Bonchev–Trinajstić information content (AvgIpc) is 3.07. The highest BCUT2D eigenvalue weighted by Crippen LogP contribution is 2.14. The molecule has 1 N–H and O–H groups in total. The van der Waals surface area contributed by atoms with E-state index < -0.39 is 0 Å². The first-order valence-electron chi connectivity index (χ1n) is 7.66. The van der Waals surface area contributed by atoms with Crippen molar-refractivity contribution in [3.63, 3.8) is 0 Å². The molecule has 0 atom stereocenters. The molecule has 1 heterocycles. The Balaban J connectivity index is 1.52. The molecular formula is C19H14F2N2O2S. The Morgan fingerprint density at radius 3 is 2.42 bits per heavy atom. The van der Waals surface area contributed by atoms with Crippen LogP contribution in [-0.4, -0.2) is 12.1 Å². The molecule has 1 aromatic heterocycles. The number of amides is 1. The normalized spacial score (nSPS) is 10.8. The van der Waals surface area contributed by atoms with E-state index in [4.69, 9.17) is 4.74 Å². The second-order valence-corrected chi connectivity index (χ2v) is 6.35. The molecule has 1 amide bonds. The van der Waals surface area contributed by atoms with Crippen molar-refractivity contribution in [2.24, 2.45) is 5.10 Å². The van der Waals surface area contributed by atoms with Crippen LogP contribution >= 0.6 is 11.3 Å². The van der Waals surface area contributed by atoms with Gasteiger partial charge >= 0.3 is 0 Å². The minimum Gasteiger partial charge on any atom is -0.489 e. The van der Waals surface area contributed by atoms with Gasteiger partial charge in [-0.25, -0.2) is 9.82 Å². The summed E-state index contributed by atoms with van der Waals surface area (Å²) in [7, 11) is 0. The quantitative estimate of drug-likeness (QED) is 0.516. The summed E-state index contributed by atoms with van der Waals surface area (Å²) >= 11 is 0.940. The highest BCUT2D eigenvalue weighted by molar-refractivity contribution is 7.12. The van der Waals surface area contributed by atoms with E-state index in [1.165, 1.54) is 24.4 Å². The van der Waals surface area contributed by atoms with Crippen LogP contribution in [0.4, 0.5) is 8.78 Å². The van der Waals surface area contributed by atoms with Gasteiger partial charge in [-0.15, -0.1) is 11.3 Å². The van der Waals surface area contributed by atoms with Gasteiger partial charge in [-0.2, -0.15) is 9.49 Å². The highest BCUT2D eigenvalue weighted by atomic mass is 32.1. The molecule has 0 aliphatic rings. The molecule has 4 nitrogen and oxygen atoms in total. The maximum absolute atomic E-state index is 12.8. The summed E-state index contributed by atoms with van der Waals surface area (Å²) in [5.41, 5.74) is 3.69. The molecule has 2 aromatic carbocycles. The molecule has 0 saturated heterocycles. The SMILES string of the molecule is O=C(N/N=C\c1ccc(F)s1)c1ccc(COc2ccc(F)cc2)cc1. The summed E-state index contributed by atoms with van der Waals surface area (Å²) in [4.78, 5) is 12.6. The number of hydrogen-bond donors (Lipinski definition) is 1. The van der Waals surface area contributed by atoms with E-state index in [0.29, 0.717) is 22.8 Å². The zero-order valence-corrected chi connectivity index (χ0v) is 14.3. The number of ether oxygens (including phenoxy) is 1. The van der Waals surface area contributed by atoms with Crippen molar-refractivity contribution < 1.29 is 18.3 Å². The number of carbonyl (C=O) groups is 1. The molecule has 3 aromatic rings. The summed E-state index contributed by atoms with van der Waals surface area (Å²) < 4.78 is 31.2. The third-order valence-electron chi connectivity index (χ3n) is 3.39. The van der Waals surface area contributed by atoms with Crippen molar-refractivity contribution in [2.45, 2.75) is 6.61 Å². The first kappa shape index (κ1) is 17.8. The Labute approximate surface area is 152 Å². The maximum atomic E-state index is 12.8. The molecule has 3 rings (SSSR count). The molecule has 132 valence electrons. The third-order valence-corrected chi connectivity index (χ3v) is 4.20. The molecule has 0 aliphatic carbocycles. The number of hydrazone groups is 1. The molecule has 0 unspecified atom stereocenters. The van der Waals surface area contributed by atoms with E-state index >= 15 is 0 Å². The summed E-state index contributed by atoms with van der Waals surface area (Å²) in [5, 5.41) is 3.49. The Bertz CT molecular complexity index is 906. The van der Waals surface area contributed by atoms with Crippen molar-refractivity contribution in [3.8, 4) is 5.75 Å². The second kappa shape index (κ2) is 8.35. The minimum atomic E-state index is -0.371. The first-order valence-corrected chi connectivity index (χ1v) is 8.48. The molecule has 0 saturated carbocycles. The summed E-state index contributed by atoms with van der Waals surface area (Å²) in [6.07, 6.45) is 1.39. The lowest BCUT2D eigenvalue weighted by Gasteiger charge is -2.07. The van der Waals surface area contributed by atoms with Gasteiger partial charge in [0.25, 0.3) is 5.91 Å². The summed E-state index contributed by atoms with van der Waals surface area (Å²) in [5.74, 6) is -0.128. The Morgan fingerprint density at radius 1 is 1.04 bits per heavy atom. The predicted molar refractivity (Wildman–Crippen MR) is 96.5 cm³/mol. The number of carbonyl (C=O) groups excluding carboxylic acids is 1. The van der Waals surface area contributed by atoms with Crippen molar-refractivity contribution in [1.29, 1.82) is 0 Å². The van der Waals surface area contributed by atoms with Crippen LogP contribution in [0.5, 0.6) is 5.75 Å². The van der Waals surface area contributed by atoms with E-state index in [0.717, 1.165) is 16.9 Å². The Kier molecular flexibility index (Phi) is 5.70. The first-order chi connectivity index (χ1) is 12.6. The fourth-order valence-corrected chi connectivity index (χ4v) is 2.67. The lowest BCUT2D eigenvalue weighted by atomic mass is 10.1. The molecular weight excluding hydrogens is 358 g/mol. The fraction of sp³-hybridized carbons (Fsp3) is 0.0526. The number of nitrogens with zero attached hydrogens (tertiary/aromatic N) is 1. The van der Waals surface area contributed by atoms with Gasteiger partial charge in [0, 0.05) is 5.56 Å².